The molecule has 1 saturated heterocycles. The smallest absolute Gasteiger partial charge is 0.0968 e. The summed E-state index contributed by atoms with van der Waals surface area (Å²) in [6.45, 7) is 11.9. The fraction of sp³-hybridized carbons (Fsp3) is 0.833. The van der Waals surface area contributed by atoms with Crippen LogP contribution in [-0.4, -0.2) is 30.4 Å². The third-order valence-corrected chi connectivity index (χ3v) is 4.48. The Hall–Kier alpha value is 0.0100. The Labute approximate surface area is 97.8 Å². The lowest BCUT2D eigenvalue weighted by Crippen LogP contribution is -2.39. The quantitative estimate of drug-likeness (QED) is 0.429. The van der Waals surface area contributed by atoms with Gasteiger partial charge in [-0.15, -0.1) is 6.58 Å². The van der Waals surface area contributed by atoms with Gasteiger partial charge in [0.15, 0.2) is 0 Å². The van der Waals surface area contributed by atoms with E-state index < -0.39 is 0 Å². The lowest BCUT2D eigenvalue weighted by atomic mass is 10.0. The van der Waals surface area contributed by atoms with E-state index in [-0.39, 0.29) is 0 Å². The first-order valence-electron chi connectivity index (χ1n) is 5.70. The Kier molecular flexibility index (Phi) is 5.72. The lowest BCUT2D eigenvalue weighted by Gasteiger charge is -2.21. The van der Waals surface area contributed by atoms with Crippen molar-refractivity contribution >= 4 is 11.8 Å². The molecule has 0 amide bonds. The summed E-state index contributed by atoms with van der Waals surface area (Å²) in [7, 11) is 0. The highest BCUT2D eigenvalue weighted by atomic mass is 32.2. The van der Waals surface area contributed by atoms with Crippen molar-refractivity contribution in [1.29, 1.82) is 0 Å². The van der Waals surface area contributed by atoms with Gasteiger partial charge in [0, 0.05) is 11.3 Å². The van der Waals surface area contributed by atoms with Crippen LogP contribution in [-0.2, 0) is 4.74 Å². The largest absolute Gasteiger partial charge is 0.366 e. The average molecular weight is 229 g/mol. The fourth-order valence-electron chi connectivity index (χ4n) is 1.81. The first-order valence-corrected chi connectivity index (χ1v) is 6.75. The van der Waals surface area contributed by atoms with Crippen molar-refractivity contribution in [3.63, 3.8) is 0 Å². The molecule has 0 bridgehead atoms. The van der Waals surface area contributed by atoms with E-state index >= 15 is 0 Å². The van der Waals surface area contributed by atoms with Crippen LogP contribution in [0.4, 0.5) is 0 Å². The van der Waals surface area contributed by atoms with Gasteiger partial charge in [0.2, 0.25) is 0 Å². The van der Waals surface area contributed by atoms with Crippen LogP contribution in [0.25, 0.3) is 0 Å². The lowest BCUT2D eigenvalue weighted by molar-refractivity contribution is 0.0895. The molecule has 15 heavy (non-hydrogen) atoms. The number of thioether (sulfide) groups is 1. The van der Waals surface area contributed by atoms with E-state index in [9.17, 15) is 0 Å². The van der Waals surface area contributed by atoms with Crippen LogP contribution in [0.15, 0.2) is 12.7 Å². The molecule has 1 N–H and O–H groups in total. The molecule has 0 spiro atoms. The Bertz CT molecular complexity index is 188. The molecule has 2 nitrogen and oxygen atoms in total. The summed E-state index contributed by atoms with van der Waals surface area (Å²) in [5.41, 5.74) is 0. The second-order valence-electron chi connectivity index (χ2n) is 4.47. The third-order valence-electron chi connectivity index (χ3n) is 2.94. The first-order chi connectivity index (χ1) is 7.15. The highest BCUT2D eigenvalue weighted by molar-refractivity contribution is 8.00. The summed E-state index contributed by atoms with van der Waals surface area (Å²) in [6.07, 6.45) is 1.93. The third kappa shape index (κ3) is 4.17. The van der Waals surface area contributed by atoms with Crippen LogP contribution < -0.4 is 5.32 Å². The van der Waals surface area contributed by atoms with Gasteiger partial charge in [-0.3, -0.25) is 5.32 Å². The second-order valence-corrected chi connectivity index (χ2v) is 5.88. The zero-order valence-corrected chi connectivity index (χ0v) is 10.8. The van der Waals surface area contributed by atoms with E-state index in [1.807, 2.05) is 17.8 Å². The Morgan fingerprint density at radius 3 is 2.87 bits per heavy atom. The van der Waals surface area contributed by atoms with Gasteiger partial charge in [-0.1, -0.05) is 26.8 Å². The maximum Gasteiger partial charge on any atom is 0.0968 e. The molecule has 1 rings (SSSR count). The zero-order valence-electron chi connectivity index (χ0n) is 10.0. The zero-order chi connectivity index (χ0) is 11.3. The Morgan fingerprint density at radius 1 is 1.60 bits per heavy atom. The predicted molar refractivity (Wildman–Crippen MR) is 68.2 cm³/mol. The molecule has 0 aliphatic carbocycles. The van der Waals surface area contributed by atoms with Crippen molar-refractivity contribution in [3.05, 3.63) is 12.7 Å². The standard InChI is InChI=1S/C12H23NOS/c1-5-9(2)6-14-8-13-12-10(3)7-15-11(12)4/h5,9-13H,1,6-8H2,2-4H3. The summed E-state index contributed by atoms with van der Waals surface area (Å²) < 4.78 is 5.55. The van der Waals surface area contributed by atoms with Gasteiger partial charge in [-0.25, -0.2) is 0 Å². The summed E-state index contributed by atoms with van der Waals surface area (Å²) in [6, 6.07) is 0.606. The normalized spacial score (nSPS) is 32.9. The van der Waals surface area contributed by atoms with Crippen molar-refractivity contribution < 1.29 is 4.74 Å². The van der Waals surface area contributed by atoms with E-state index in [2.05, 4.69) is 32.7 Å². The molecule has 1 aliphatic rings. The molecule has 1 aliphatic heterocycles. The molecule has 0 radical (unpaired) electrons. The fourth-order valence-corrected chi connectivity index (χ4v) is 3.19. The monoisotopic (exact) mass is 229 g/mol. The van der Waals surface area contributed by atoms with Crippen molar-refractivity contribution in [3.8, 4) is 0 Å². The molecule has 88 valence electrons. The minimum atomic E-state index is 0.444. The van der Waals surface area contributed by atoms with E-state index in [1.54, 1.807) is 0 Å². The maximum absolute atomic E-state index is 5.55. The molecular formula is C12H23NOS. The Balaban J connectivity index is 2.11. The molecule has 0 aromatic carbocycles. The number of ether oxygens (including phenoxy) is 1. The van der Waals surface area contributed by atoms with Gasteiger partial charge < -0.3 is 4.74 Å². The Morgan fingerprint density at radius 2 is 2.33 bits per heavy atom. The van der Waals surface area contributed by atoms with Crippen LogP contribution in [0.2, 0.25) is 0 Å². The SMILES string of the molecule is C=CC(C)COCNC1C(C)CSC1C. The van der Waals surface area contributed by atoms with Gasteiger partial charge >= 0.3 is 0 Å². The molecule has 0 saturated carbocycles. The van der Waals surface area contributed by atoms with Crippen molar-refractivity contribution in [1.82, 2.24) is 5.32 Å². The average Bonchev–Trinajstić information content (AvgIpc) is 2.54. The topological polar surface area (TPSA) is 21.3 Å². The van der Waals surface area contributed by atoms with Gasteiger partial charge in [-0.05, 0) is 17.6 Å². The van der Waals surface area contributed by atoms with E-state index in [1.165, 1.54) is 5.75 Å². The van der Waals surface area contributed by atoms with Gasteiger partial charge in [0.1, 0.15) is 0 Å². The minimum Gasteiger partial charge on any atom is -0.366 e. The van der Waals surface area contributed by atoms with E-state index in [0.717, 1.165) is 12.5 Å². The van der Waals surface area contributed by atoms with Gasteiger partial charge in [0.25, 0.3) is 0 Å². The molecule has 4 unspecified atom stereocenters. The number of hydrogen-bond acceptors (Lipinski definition) is 3. The van der Waals surface area contributed by atoms with Crippen molar-refractivity contribution in [2.45, 2.75) is 32.1 Å². The molecular weight excluding hydrogens is 206 g/mol. The number of hydrogen-bond donors (Lipinski definition) is 1. The highest BCUT2D eigenvalue weighted by Gasteiger charge is 2.30. The second kappa shape index (κ2) is 6.56. The summed E-state index contributed by atoms with van der Waals surface area (Å²) >= 11 is 2.05. The van der Waals surface area contributed by atoms with Crippen LogP contribution in [0, 0.1) is 11.8 Å². The molecule has 0 aromatic heterocycles. The molecule has 1 heterocycles. The van der Waals surface area contributed by atoms with Gasteiger partial charge in [-0.2, -0.15) is 11.8 Å². The van der Waals surface area contributed by atoms with Crippen molar-refractivity contribution in [2.75, 3.05) is 19.1 Å². The van der Waals surface area contributed by atoms with Crippen LogP contribution in [0.1, 0.15) is 20.8 Å². The number of rotatable bonds is 6. The molecule has 0 aromatic rings. The van der Waals surface area contributed by atoms with Crippen LogP contribution in [0.5, 0.6) is 0 Å². The number of nitrogens with one attached hydrogen (secondary N) is 1. The molecule has 3 heteroatoms. The minimum absolute atomic E-state index is 0.444. The summed E-state index contributed by atoms with van der Waals surface area (Å²) in [5, 5.41) is 4.19. The van der Waals surface area contributed by atoms with Gasteiger partial charge in [0.05, 0.1) is 13.3 Å². The predicted octanol–water partition coefficient (Wildman–Crippen LogP) is 2.51. The summed E-state index contributed by atoms with van der Waals surface area (Å²) in [4.78, 5) is 0. The first kappa shape index (κ1) is 13.1. The maximum atomic E-state index is 5.55. The van der Waals surface area contributed by atoms with E-state index in [0.29, 0.717) is 23.9 Å². The molecule has 1 fully saturated rings. The summed E-state index contributed by atoms with van der Waals surface area (Å²) in [5.74, 6) is 2.46. The van der Waals surface area contributed by atoms with E-state index in [4.69, 9.17) is 4.74 Å². The highest BCUT2D eigenvalue weighted by Crippen LogP contribution is 2.30. The van der Waals surface area contributed by atoms with Crippen LogP contribution in [0.3, 0.4) is 0 Å². The van der Waals surface area contributed by atoms with Crippen molar-refractivity contribution in [2.24, 2.45) is 11.8 Å². The molecule has 4 atom stereocenters. The van der Waals surface area contributed by atoms with Crippen LogP contribution >= 0.6 is 11.8 Å².